The molecule has 1 atom stereocenters. The molecule has 20 heavy (non-hydrogen) atoms. The Kier molecular flexibility index (Phi) is 4.89. The van der Waals surface area contributed by atoms with E-state index in [9.17, 15) is 0 Å². The summed E-state index contributed by atoms with van der Waals surface area (Å²) in [6.45, 7) is 4.12. The summed E-state index contributed by atoms with van der Waals surface area (Å²) in [5.41, 5.74) is 10.6. The van der Waals surface area contributed by atoms with Crippen LogP contribution < -0.4 is 5.73 Å². The van der Waals surface area contributed by atoms with Crippen molar-refractivity contribution in [2.75, 3.05) is 0 Å². The van der Waals surface area contributed by atoms with Crippen LogP contribution in [0.5, 0.6) is 0 Å². The first-order valence-electron chi connectivity index (χ1n) is 6.65. The Morgan fingerprint density at radius 1 is 1.45 bits per heavy atom. The zero-order valence-electron chi connectivity index (χ0n) is 12.0. The van der Waals surface area contributed by atoms with Gasteiger partial charge in [0.25, 0.3) is 0 Å². The number of benzene rings is 1. The lowest BCUT2D eigenvalue weighted by Crippen LogP contribution is -2.16. The van der Waals surface area contributed by atoms with Gasteiger partial charge in [-0.25, -0.2) is 0 Å². The van der Waals surface area contributed by atoms with Gasteiger partial charge in [0.2, 0.25) is 0 Å². The summed E-state index contributed by atoms with van der Waals surface area (Å²) in [5, 5.41) is 5.18. The SMILES string of the molecule is CCc1nn(C)c(CC(N)c2ccc(Br)cc2C)c1Cl. The van der Waals surface area contributed by atoms with Crippen LogP contribution in [-0.2, 0) is 19.9 Å². The molecule has 0 aliphatic heterocycles. The lowest BCUT2D eigenvalue weighted by molar-refractivity contribution is 0.636. The summed E-state index contributed by atoms with van der Waals surface area (Å²) >= 11 is 9.85. The standard InChI is InChI=1S/C15H19BrClN3/c1-4-13-15(17)14(20(3)19-13)8-12(18)11-6-5-10(16)7-9(11)2/h5-7,12H,4,8,18H2,1-3H3. The lowest BCUT2D eigenvalue weighted by Gasteiger charge is -2.15. The van der Waals surface area contributed by atoms with Crippen LogP contribution in [0.25, 0.3) is 0 Å². The summed E-state index contributed by atoms with van der Waals surface area (Å²) < 4.78 is 2.91. The average molecular weight is 357 g/mol. The number of nitrogens with zero attached hydrogens (tertiary/aromatic N) is 2. The van der Waals surface area contributed by atoms with E-state index in [-0.39, 0.29) is 6.04 Å². The number of hydrogen-bond donors (Lipinski definition) is 1. The van der Waals surface area contributed by atoms with E-state index in [1.54, 1.807) is 0 Å². The molecule has 0 amide bonds. The van der Waals surface area contributed by atoms with Gasteiger partial charge >= 0.3 is 0 Å². The molecule has 3 nitrogen and oxygen atoms in total. The maximum atomic E-state index is 6.38. The number of halogens is 2. The van der Waals surface area contributed by atoms with Crippen LogP contribution in [0.1, 0.15) is 35.5 Å². The molecule has 0 bridgehead atoms. The van der Waals surface area contributed by atoms with Crippen molar-refractivity contribution in [3.8, 4) is 0 Å². The van der Waals surface area contributed by atoms with E-state index >= 15 is 0 Å². The van der Waals surface area contributed by atoms with Gasteiger partial charge in [0, 0.05) is 24.0 Å². The van der Waals surface area contributed by atoms with Gasteiger partial charge in [0.05, 0.1) is 16.4 Å². The van der Waals surface area contributed by atoms with Crippen LogP contribution in [0.2, 0.25) is 5.02 Å². The molecule has 5 heteroatoms. The molecule has 0 saturated carbocycles. The molecule has 2 rings (SSSR count). The zero-order chi connectivity index (χ0) is 14.9. The van der Waals surface area contributed by atoms with Gasteiger partial charge in [-0.2, -0.15) is 5.10 Å². The lowest BCUT2D eigenvalue weighted by atomic mass is 9.98. The van der Waals surface area contributed by atoms with Gasteiger partial charge in [0.1, 0.15) is 0 Å². The topological polar surface area (TPSA) is 43.8 Å². The van der Waals surface area contributed by atoms with Crippen molar-refractivity contribution in [1.82, 2.24) is 9.78 Å². The van der Waals surface area contributed by atoms with E-state index in [2.05, 4.69) is 47.0 Å². The molecule has 2 aromatic rings. The van der Waals surface area contributed by atoms with Gasteiger partial charge in [-0.15, -0.1) is 0 Å². The molecule has 0 aliphatic rings. The third kappa shape index (κ3) is 3.08. The minimum Gasteiger partial charge on any atom is -0.324 e. The smallest absolute Gasteiger partial charge is 0.0850 e. The van der Waals surface area contributed by atoms with E-state index in [4.69, 9.17) is 17.3 Å². The van der Waals surface area contributed by atoms with Crippen LogP contribution in [0.3, 0.4) is 0 Å². The second kappa shape index (κ2) is 6.29. The number of rotatable bonds is 4. The maximum absolute atomic E-state index is 6.38. The van der Waals surface area contributed by atoms with Crippen molar-refractivity contribution in [2.45, 2.75) is 32.7 Å². The van der Waals surface area contributed by atoms with Gasteiger partial charge in [-0.1, -0.05) is 40.5 Å². The third-order valence-electron chi connectivity index (χ3n) is 3.55. The molecular weight excluding hydrogens is 338 g/mol. The Labute approximate surface area is 133 Å². The first-order chi connectivity index (χ1) is 9.43. The number of hydrogen-bond acceptors (Lipinski definition) is 2. The molecule has 0 aliphatic carbocycles. The van der Waals surface area contributed by atoms with Gasteiger partial charge in [0.15, 0.2) is 0 Å². The second-order valence-corrected chi connectivity index (χ2v) is 6.29. The largest absolute Gasteiger partial charge is 0.324 e. The molecule has 1 unspecified atom stereocenters. The van der Waals surface area contributed by atoms with Crippen LogP contribution in [0.4, 0.5) is 0 Å². The molecule has 0 saturated heterocycles. The van der Waals surface area contributed by atoms with Crippen molar-refractivity contribution in [2.24, 2.45) is 12.8 Å². The van der Waals surface area contributed by atoms with Crippen molar-refractivity contribution in [1.29, 1.82) is 0 Å². The normalized spacial score (nSPS) is 12.7. The van der Waals surface area contributed by atoms with E-state index < -0.39 is 0 Å². The van der Waals surface area contributed by atoms with E-state index in [1.807, 2.05) is 17.8 Å². The second-order valence-electron chi connectivity index (χ2n) is 5.00. The number of aromatic nitrogens is 2. The Morgan fingerprint density at radius 2 is 2.15 bits per heavy atom. The third-order valence-corrected chi connectivity index (χ3v) is 4.48. The summed E-state index contributed by atoms with van der Waals surface area (Å²) in [6, 6.07) is 6.08. The fourth-order valence-electron chi connectivity index (χ4n) is 2.41. The first kappa shape index (κ1) is 15.5. The van der Waals surface area contributed by atoms with Crippen molar-refractivity contribution in [3.05, 3.63) is 50.2 Å². The Hall–Kier alpha value is -0.840. The fourth-order valence-corrected chi connectivity index (χ4v) is 3.26. The van der Waals surface area contributed by atoms with Crippen molar-refractivity contribution in [3.63, 3.8) is 0 Å². The number of aryl methyl sites for hydroxylation is 3. The monoisotopic (exact) mass is 355 g/mol. The fraction of sp³-hybridized carbons (Fsp3) is 0.400. The van der Waals surface area contributed by atoms with Gasteiger partial charge in [-0.05, 0) is 36.6 Å². The highest BCUT2D eigenvalue weighted by Crippen LogP contribution is 2.27. The van der Waals surface area contributed by atoms with E-state index in [0.29, 0.717) is 6.42 Å². The molecule has 0 fully saturated rings. The Bertz CT molecular complexity index is 622. The quantitative estimate of drug-likeness (QED) is 0.901. The van der Waals surface area contributed by atoms with E-state index in [1.165, 1.54) is 5.56 Å². The van der Waals surface area contributed by atoms with Crippen LogP contribution in [-0.4, -0.2) is 9.78 Å². The predicted octanol–water partition coefficient (Wildman–Crippen LogP) is 3.95. The number of nitrogens with two attached hydrogens (primary N) is 1. The molecule has 0 spiro atoms. The molecule has 0 radical (unpaired) electrons. The molecule has 1 aromatic heterocycles. The van der Waals surface area contributed by atoms with Crippen molar-refractivity contribution < 1.29 is 0 Å². The minimum atomic E-state index is -0.0827. The molecular formula is C15H19BrClN3. The highest BCUT2D eigenvalue weighted by molar-refractivity contribution is 9.10. The van der Waals surface area contributed by atoms with Crippen LogP contribution >= 0.6 is 27.5 Å². The first-order valence-corrected chi connectivity index (χ1v) is 7.83. The maximum Gasteiger partial charge on any atom is 0.0850 e. The van der Waals surface area contributed by atoms with Gasteiger partial charge < -0.3 is 5.73 Å². The highest BCUT2D eigenvalue weighted by Gasteiger charge is 2.18. The Morgan fingerprint density at radius 3 is 2.70 bits per heavy atom. The van der Waals surface area contributed by atoms with Crippen LogP contribution in [0.15, 0.2) is 22.7 Å². The molecule has 108 valence electrons. The minimum absolute atomic E-state index is 0.0827. The summed E-state index contributed by atoms with van der Waals surface area (Å²) in [5.74, 6) is 0. The summed E-state index contributed by atoms with van der Waals surface area (Å²) in [7, 11) is 1.92. The summed E-state index contributed by atoms with van der Waals surface area (Å²) in [6.07, 6.45) is 1.52. The zero-order valence-corrected chi connectivity index (χ0v) is 14.3. The average Bonchev–Trinajstić information content (AvgIpc) is 2.66. The molecule has 1 aromatic carbocycles. The highest BCUT2D eigenvalue weighted by atomic mass is 79.9. The van der Waals surface area contributed by atoms with Crippen LogP contribution in [0, 0.1) is 6.92 Å². The predicted molar refractivity (Wildman–Crippen MR) is 87.1 cm³/mol. The Balaban J connectivity index is 2.27. The van der Waals surface area contributed by atoms with Gasteiger partial charge in [-0.3, -0.25) is 4.68 Å². The van der Waals surface area contributed by atoms with E-state index in [0.717, 1.165) is 32.9 Å². The molecule has 1 heterocycles. The summed E-state index contributed by atoms with van der Waals surface area (Å²) in [4.78, 5) is 0. The molecule has 2 N–H and O–H groups in total. The van der Waals surface area contributed by atoms with Crippen molar-refractivity contribution >= 4 is 27.5 Å².